The zero-order valence-corrected chi connectivity index (χ0v) is 19.5. The van der Waals surface area contributed by atoms with Crippen molar-refractivity contribution >= 4 is 40.1 Å². The Morgan fingerprint density at radius 1 is 1.09 bits per heavy atom. The second-order valence-electron chi connectivity index (χ2n) is 8.42. The molecule has 2 aromatic carbocycles. The topological polar surface area (TPSA) is 85.4 Å². The lowest BCUT2D eigenvalue weighted by Crippen LogP contribution is -2.25. The first-order valence-electron chi connectivity index (χ1n) is 11.6. The smallest absolute Gasteiger partial charge is 0.237 e. The van der Waals surface area contributed by atoms with E-state index >= 15 is 0 Å². The highest BCUT2D eigenvalue weighted by Crippen LogP contribution is 2.35. The normalized spacial score (nSPS) is 16.5. The van der Waals surface area contributed by atoms with Gasteiger partial charge in [-0.3, -0.25) is 4.79 Å². The second kappa shape index (κ2) is 9.87. The lowest BCUT2D eigenvalue weighted by atomic mass is 9.95. The minimum absolute atomic E-state index is 0.0834. The molecule has 2 N–H and O–H groups in total. The molecule has 1 atom stereocenters. The van der Waals surface area contributed by atoms with Crippen molar-refractivity contribution < 1.29 is 14.3 Å². The van der Waals surface area contributed by atoms with Crippen LogP contribution in [0.2, 0.25) is 0 Å². The average molecular weight is 465 g/mol. The molecule has 2 heterocycles. The van der Waals surface area contributed by atoms with Gasteiger partial charge in [-0.1, -0.05) is 50.1 Å². The summed E-state index contributed by atoms with van der Waals surface area (Å²) < 4.78 is 10.8. The quantitative estimate of drug-likeness (QED) is 0.347. The number of aromatic nitrogens is 2. The fraction of sp³-hybridized carbons (Fsp3) is 0.400. The van der Waals surface area contributed by atoms with Crippen LogP contribution < -0.4 is 20.1 Å². The molecular formula is C25H28N4O3S. The van der Waals surface area contributed by atoms with E-state index in [-0.39, 0.29) is 18.0 Å². The number of benzene rings is 2. The average Bonchev–Trinajstić information content (AvgIpc) is 3.31. The maximum absolute atomic E-state index is 13.0. The van der Waals surface area contributed by atoms with E-state index in [4.69, 9.17) is 19.4 Å². The van der Waals surface area contributed by atoms with Crippen LogP contribution in [0.3, 0.4) is 0 Å². The highest BCUT2D eigenvalue weighted by atomic mass is 32.2. The van der Waals surface area contributed by atoms with Gasteiger partial charge in [0, 0.05) is 23.2 Å². The molecule has 0 unspecified atom stereocenters. The molecule has 1 amide bonds. The molecule has 172 valence electrons. The van der Waals surface area contributed by atoms with Crippen LogP contribution in [0.5, 0.6) is 11.5 Å². The van der Waals surface area contributed by atoms with Crippen LogP contribution in [-0.4, -0.2) is 34.0 Å². The summed E-state index contributed by atoms with van der Waals surface area (Å²) in [6.45, 7) is 2.20. The van der Waals surface area contributed by atoms with E-state index in [0.717, 1.165) is 29.6 Å². The van der Waals surface area contributed by atoms with Crippen molar-refractivity contribution in [3.05, 3.63) is 42.5 Å². The Labute approximate surface area is 197 Å². The lowest BCUT2D eigenvalue weighted by Gasteiger charge is -2.24. The Morgan fingerprint density at radius 2 is 1.91 bits per heavy atom. The van der Waals surface area contributed by atoms with E-state index in [0.29, 0.717) is 34.8 Å². The molecule has 5 rings (SSSR count). The number of nitrogens with zero attached hydrogens (tertiary/aromatic N) is 2. The molecule has 7 nitrogen and oxygen atoms in total. The molecular weight excluding hydrogens is 436 g/mol. The number of ether oxygens (including phenoxy) is 2. The van der Waals surface area contributed by atoms with Crippen LogP contribution >= 0.6 is 11.8 Å². The van der Waals surface area contributed by atoms with E-state index in [1.54, 1.807) is 6.07 Å². The van der Waals surface area contributed by atoms with Gasteiger partial charge in [-0.2, -0.15) is 0 Å². The molecule has 2 aliphatic rings. The number of amides is 1. The van der Waals surface area contributed by atoms with Crippen molar-refractivity contribution in [2.24, 2.45) is 0 Å². The van der Waals surface area contributed by atoms with Gasteiger partial charge in [0.15, 0.2) is 16.7 Å². The predicted octanol–water partition coefficient (Wildman–Crippen LogP) is 5.61. The molecule has 0 spiro atoms. The third-order valence-corrected chi connectivity index (χ3v) is 7.31. The van der Waals surface area contributed by atoms with Crippen LogP contribution in [-0.2, 0) is 4.79 Å². The van der Waals surface area contributed by atoms with E-state index in [9.17, 15) is 4.79 Å². The molecule has 8 heteroatoms. The molecule has 1 aliphatic carbocycles. The van der Waals surface area contributed by atoms with Gasteiger partial charge >= 0.3 is 0 Å². The SMILES string of the molecule is CC[C@H](Sc1nc(NC2CCCCC2)c2ccccc2n1)C(=O)Nc1ccc2c(c1)OCO2. The summed E-state index contributed by atoms with van der Waals surface area (Å²) in [7, 11) is 0. The van der Waals surface area contributed by atoms with Crippen LogP contribution in [0, 0.1) is 0 Å². The Bertz CT molecular complexity index is 1150. The maximum Gasteiger partial charge on any atom is 0.237 e. The Morgan fingerprint density at radius 3 is 2.76 bits per heavy atom. The van der Waals surface area contributed by atoms with Gasteiger partial charge < -0.3 is 20.1 Å². The lowest BCUT2D eigenvalue weighted by molar-refractivity contribution is -0.115. The summed E-state index contributed by atoms with van der Waals surface area (Å²) in [6.07, 6.45) is 6.79. The first-order chi connectivity index (χ1) is 16.2. The number of carbonyl (C=O) groups is 1. The molecule has 1 aliphatic heterocycles. The largest absolute Gasteiger partial charge is 0.454 e. The fourth-order valence-corrected chi connectivity index (χ4v) is 5.19. The Hall–Kier alpha value is -3.00. The number of hydrogen-bond acceptors (Lipinski definition) is 7. The first kappa shape index (κ1) is 21.8. The standard InChI is InChI=1S/C25H28N4O3S/c1-2-22(24(30)27-17-12-13-20-21(14-17)32-15-31-20)33-25-28-19-11-7-6-10-18(19)23(29-25)26-16-8-4-3-5-9-16/h6-7,10-14,16,22H,2-5,8-9,15H2,1H3,(H,27,30)(H,26,28,29)/t22-/m0/s1. The molecule has 0 bridgehead atoms. The van der Waals surface area contributed by atoms with Crippen LogP contribution in [0.4, 0.5) is 11.5 Å². The molecule has 3 aromatic rings. The number of para-hydroxylation sites is 1. The van der Waals surface area contributed by atoms with Gasteiger partial charge in [0.25, 0.3) is 0 Å². The maximum atomic E-state index is 13.0. The number of hydrogen-bond donors (Lipinski definition) is 2. The van der Waals surface area contributed by atoms with Gasteiger partial charge in [0.2, 0.25) is 12.7 Å². The van der Waals surface area contributed by atoms with Gasteiger partial charge in [-0.15, -0.1) is 0 Å². The number of thioether (sulfide) groups is 1. The molecule has 1 saturated carbocycles. The van der Waals surface area contributed by atoms with E-state index < -0.39 is 0 Å². The van der Waals surface area contributed by atoms with Crippen LogP contribution in [0.15, 0.2) is 47.6 Å². The first-order valence-corrected chi connectivity index (χ1v) is 12.5. The van der Waals surface area contributed by atoms with E-state index in [1.165, 1.54) is 31.0 Å². The second-order valence-corrected chi connectivity index (χ2v) is 9.59. The summed E-state index contributed by atoms with van der Waals surface area (Å²) in [5, 5.41) is 7.96. The Balaban J connectivity index is 1.34. The van der Waals surface area contributed by atoms with Crippen molar-refractivity contribution in [2.75, 3.05) is 17.4 Å². The monoisotopic (exact) mass is 464 g/mol. The number of nitrogens with one attached hydrogen (secondary N) is 2. The molecule has 0 radical (unpaired) electrons. The van der Waals surface area contributed by atoms with Crippen LogP contribution in [0.1, 0.15) is 45.4 Å². The number of fused-ring (bicyclic) bond motifs is 2. The minimum atomic E-state index is -0.320. The zero-order chi connectivity index (χ0) is 22.6. The summed E-state index contributed by atoms with van der Waals surface area (Å²) in [5.41, 5.74) is 1.57. The van der Waals surface area contributed by atoms with E-state index in [2.05, 4.69) is 16.7 Å². The highest BCUT2D eigenvalue weighted by molar-refractivity contribution is 8.00. The number of rotatable bonds is 7. The summed E-state index contributed by atoms with van der Waals surface area (Å²) in [4.78, 5) is 22.6. The third kappa shape index (κ3) is 5.00. The molecule has 33 heavy (non-hydrogen) atoms. The summed E-state index contributed by atoms with van der Waals surface area (Å²) >= 11 is 1.40. The predicted molar refractivity (Wildman–Crippen MR) is 131 cm³/mol. The van der Waals surface area contributed by atoms with Crippen molar-refractivity contribution in [3.8, 4) is 11.5 Å². The van der Waals surface area contributed by atoms with Crippen molar-refractivity contribution in [1.82, 2.24) is 9.97 Å². The van der Waals surface area contributed by atoms with Crippen molar-refractivity contribution in [1.29, 1.82) is 0 Å². The molecule has 1 aromatic heterocycles. The van der Waals surface area contributed by atoms with Gasteiger partial charge in [0.1, 0.15) is 5.82 Å². The third-order valence-electron chi connectivity index (χ3n) is 6.08. The summed E-state index contributed by atoms with van der Waals surface area (Å²) in [5.74, 6) is 2.11. The molecule has 1 fully saturated rings. The number of carbonyl (C=O) groups excluding carboxylic acids is 1. The zero-order valence-electron chi connectivity index (χ0n) is 18.7. The Kier molecular flexibility index (Phi) is 6.53. The fourth-order valence-electron chi connectivity index (χ4n) is 4.30. The van der Waals surface area contributed by atoms with Crippen LogP contribution in [0.25, 0.3) is 10.9 Å². The van der Waals surface area contributed by atoms with Gasteiger partial charge in [0.05, 0.1) is 10.8 Å². The molecule has 0 saturated heterocycles. The highest BCUT2D eigenvalue weighted by Gasteiger charge is 2.23. The minimum Gasteiger partial charge on any atom is -0.454 e. The van der Waals surface area contributed by atoms with Gasteiger partial charge in [-0.25, -0.2) is 9.97 Å². The summed E-state index contributed by atoms with van der Waals surface area (Å²) in [6, 6.07) is 13.9. The van der Waals surface area contributed by atoms with Crippen molar-refractivity contribution in [3.63, 3.8) is 0 Å². The van der Waals surface area contributed by atoms with Gasteiger partial charge in [-0.05, 0) is 43.5 Å². The van der Waals surface area contributed by atoms with E-state index in [1.807, 2.05) is 37.3 Å². The van der Waals surface area contributed by atoms with Crippen molar-refractivity contribution in [2.45, 2.75) is 61.9 Å². The number of anilines is 2.